The monoisotopic (exact) mass is 593 g/mol. The highest BCUT2D eigenvalue weighted by Gasteiger charge is 2.37. The van der Waals surface area contributed by atoms with E-state index in [1.165, 1.54) is 37.5 Å². The Morgan fingerprint density at radius 3 is 1.98 bits per heavy atom. The molecule has 0 fully saturated rings. The van der Waals surface area contributed by atoms with Gasteiger partial charge in [-0.3, -0.25) is 4.79 Å². The Labute approximate surface area is 231 Å². The van der Waals surface area contributed by atoms with E-state index in [0.29, 0.717) is 23.3 Å². The first-order chi connectivity index (χ1) is 19.1. The number of hydrogen-bond donors (Lipinski definition) is 0. The quantitative estimate of drug-likeness (QED) is 0.236. The normalized spacial score (nSPS) is 12.3. The van der Waals surface area contributed by atoms with Crippen LogP contribution in [-0.4, -0.2) is 36.2 Å². The molecule has 6 nitrogen and oxygen atoms in total. The molecular formula is C28H21F6N3O3S. The van der Waals surface area contributed by atoms with Gasteiger partial charge in [0, 0.05) is 26.0 Å². The summed E-state index contributed by atoms with van der Waals surface area (Å²) in [6.45, 7) is 1.12. The number of halogens is 6. The van der Waals surface area contributed by atoms with Gasteiger partial charge in [0.25, 0.3) is 5.91 Å². The van der Waals surface area contributed by atoms with Gasteiger partial charge in [-0.15, -0.1) is 0 Å². The third kappa shape index (κ3) is 6.40. The molecule has 0 aliphatic carbocycles. The molecule has 0 spiro atoms. The van der Waals surface area contributed by atoms with E-state index in [4.69, 9.17) is 0 Å². The Hall–Kier alpha value is -4.26. The zero-order valence-corrected chi connectivity index (χ0v) is 22.3. The number of aryl methyl sites for hydroxylation is 1. The van der Waals surface area contributed by atoms with E-state index in [1.54, 1.807) is 31.2 Å². The second kappa shape index (κ2) is 11.0. The first kappa shape index (κ1) is 29.7. The fourth-order valence-corrected chi connectivity index (χ4v) is 5.26. The minimum absolute atomic E-state index is 0.00623. The Balaban J connectivity index is 1.78. The van der Waals surface area contributed by atoms with Gasteiger partial charge in [0.1, 0.15) is 0 Å². The first-order valence-corrected chi connectivity index (χ1v) is 13.3. The number of alkyl halides is 6. The van der Waals surface area contributed by atoms with Crippen molar-refractivity contribution in [2.75, 3.05) is 7.05 Å². The lowest BCUT2D eigenvalue weighted by atomic mass is 9.97. The summed E-state index contributed by atoms with van der Waals surface area (Å²) in [5.41, 5.74) is -2.21. The number of rotatable bonds is 6. The fourth-order valence-electron chi connectivity index (χ4n) is 4.13. The zero-order chi connectivity index (χ0) is 30.2. The van der Waals surface area contributed by atoms with Crippen LogP contribution >= 0.6 is 0 Å². The molecule has 2 aromatic heterocycles. The molecule has 0 aliphatic rings. The molecule has 0 bridgehead atoms. The van der Waals surface area contributed by atoms with Crippen LogP contribution in [0.15, 0.2) is 89.2 Å². The van der Waals surface area contributed by atoms with Crippen LogP contribution in [0.4, 0.5) is 26.3 Å². The molecule has 0 unspecified atom stereocenters. The van der Waals surface area contributed by atoms with Gasteiger partial charge in [0.15, 0.2) is 10.1 Å². The topological polar surface area (TPSA) is 80.2 Å². The maximum atomic E-state index is 13.5. The largest absolute Gasteiger partial charge is 0.416 e. The van der Waals surface area contributed by atoms with Gasteiger partial charge >= 0.3 is 12.4 Å². The van der Waals surface area contributed by atoms with Gasteiger partial charge in [-0.05, 0) is 65.6 Å². The standard InChI is InChI=1S/C28H21F6N3O3S/c1-17-7-3-4-8-21(17)22-14-25(41(39,40)24-9-5-6-10-35-24)36-15-23(22)26(38)37(2)16-18-11-19(27(29,30)31)13-20(12-18)28(32,33)34/h3-15H,16H2,1-2H3. The van der Waals surface area contributed by atoms with Gasteiger partial charge in [0.05, 0.1) is 16.7 Å². The lowest BCUT2D eigenvalue weighted by molar-refractivity contribution is -0.143. The number of carbonyl (C=O) groups is 1. The Kier molecular flexibility index (Phi) is 7.94. The number of sulfone groups is 1. The van der Waals surface area contributed by atoms with Crippen molar-refractivity contribution < 1.29 is 39.6 Å². The Morgan fingerprint density at radius 2 is 1.41 bits per heavy atom. The number of nitrogens with zero attached hydrogens (tertiary/aromatic N) is 3. The molecule has 214 valence electrons. The van der Waals surface area contributed by atoms with Crippen LogP contribution in [-0.2, 0) is 28.7 Å². The molecule has 2 aromatic carbocycles. The number of hydrogen-bond acceptors (Lipinski definition) is 5. The van der Waals surface area contributed by atoms with Crippen LogP contribution in [0.5, 0.6) is 0 Å². The Bertz CT molecular complexity index is 1670. The van der Waals surface area contributed by atoms with Crippen LogP contribution in [0.25, 0.3) is 11.1 Å². The average molecular weight is 594 g/mol. The number of pyridine rings is 2. The summed E-state index contributed by atoms with van der Waals surface area (Å²) in [4.78, 5) is 22.3. The van der Waals surface area contributed by atoms with Crippen molar-refractivity contribution >= 4 is 15.7 Å². The number of aromatic nitrogens is 2. The molecule has 0 N–H and O–H groups in total. The molecule has 4 aromatic rings. The van der Waals surface area contributed by atoms with Crippen molar-refractivity contribution in [3.05, 3.63) is 107 Å². The summed E-state index contributed by atoms with van der Waals surface area (Å²) in [6, 6.07) is 13.3. The van der Waals surface area contributed by atoms with E-state index in [0.717, 1.165) is 11.1 Å². The molecule has 13 heteroatoms. The maximum Gasteiger partial charge on any atom is 0.416 e. The predicted octanol–water partition coefficient (Wildman–Crippen LogP) is 6.59. The second-order valence-electron chi connectivity index (χ2n) is 9.13. The summed E-state index contributed by atoms with van der Waals surface area (Å²) >= 11 is 0. The fraction of sp³-hybridized carbons (Fsp3) is 0.179. The van der Waals surface area contributed by atoms with Gasteiger partial charge in [0.2, 0.25) is 9.84 Å². The molecular weight excluding hydrogens is 572 g/mol. The predicted molar refractivity (Wildman–Crippen MR) is 136 cm³/mol. The smallest absolute Gasteiger partial charge is 0.337 e. The molecule has 0 radical (unpaired) electrons. The first-order valence-electron chi connectivity index (χ1n) is 11.8. The van der Waals surface area contributed by atoms with Crippen molar-refractivity contribution in [1.82, 2.24) is 14.9 Å². The van der Waals surface area contributed by atoms with E-state index in [1.807, 2.05) is 0 Å². The number of amides is 1. The number of carbonyl (C=O) groups excluding carboxylic acids is 1. The van der Waals surface area contributed by atoms with Crippen molar-refractivity contribution in [3.8, 4) is 11.1 Å². The van der Waals surface area contributed by atoms with Crippen LogP contribution in [0, 0.1) is 6.92 Å². The lowest BCUT2D eigenvalue weighted by Gasteiger charge is -2.21. The zero-order valence-electron chi connectivity index (χ0n) is 21.5. The molecule has 4 rings (SSSR count). The van der Waals surface area contributed by atoms with Crippen molar-refractivity contribution in [1.29, 1.82) is 0 Å². The summed E-state index contributed by atoms with van der Waals surface area (Å²) in [6.07, 6.45) is -7.78. The third-order valence-electron chi connectivity index (χ3n) is 6.15. The highest BCUT2D eigenvalue weighted by Crippen LogP contribution is 2.37. The summed E-state index contributed by atoms with van der Waals surface area (Å²) < 4.78 is 106. The van der Waals surface area contributed by atoms with E-state index < -0.39 is 56.4 Å². The van der Waals surface area contributed by atoms with E-state index in [2.05, 4.69) is 9.97 Å². The van der Waals surface area contributed by atoms with Crippen molar-refractivity contribution in [2.45, 2.75) is 35.9 Å². The molecule has 2 heterocycles. The van der Waals surface area contributed by atoms with E-state index in [-0.39, 0.29) is 22.2 Å². The third-order valence-corrected chi connectivity index (χ3v) is 7.71. The summed E-state index contributed by atoms with van der Waals surface area (Å²) in [5, 5.41) is -0.675. The minimum Gasteiger partial charge on any atom is -0.337 e. The number of benzene rings is 2. The van der Waals surface area contributed by atoms with Gasteiger partial charge in [-0.2, -0.15) is 26.3 Å². The molecule has 0 saturated heterocycles. The SMILES string of the molecule is Cc1ccccc1-c1cc(S(=O)(=O)c2ccccn2)ncc1C(=O)N(C)Cc1cc(C(F)(F)F)cc(C(F)(F)F)c1. The van der Waals surface area contributed by atoms with Crippen molar-refractivity contribution in [2.24, 2.45) is 0 Å². The Morgan fingerprint density at radius 1 is 0.805 bits per heavy atom. The maximum absolute atomic E-state index is 13.5. The summed E-state index contributed by atoms with van der Waals surface area (Å²) in [7, 11) is -2.99. The highest BCUT2D eigenvalue weighted by molar-refractivity contribution is 7.91. The van der Waals surface area contributed by atoms with Gasteiger partial charge in [-0.25, -0.2) is 18.4 Å². The van der Waals surface area contributed by atoms with Crippen molar-refractivity contribution in [3.63, 3.8) is 0 Å². The lowest BCUT2D eigenvalue weighted by Crippen LogP contribution is -2.27. The van der Waals surface area contributed by atoms with E-state index in [9.17, 15) is 39.6 Å². The molecule has 0 atom stereocenters. The molecule has 1 amide bonds. The average Bonchev–Trinajstić information content (AvgIpc) is 2.92. The minimum atomic E-state index is -5.05. The summed E-state index contributed by atoms with van der Waals surface area (Å²) in [5.74, 6) is -0.802. The van der Waals surface area contributed by atoms with Gasteiger partial charge < -0.3 is 4.90 Å². The van der Waals surface area contributed by atoms with E-state index >= 15 is 0 Å². The van der Waals surface area contributed by atoms with Crippen LogP contribution in [0.2, 0.25) is 0 Å². The molecule has 41 heavy (non-hydrogen) atoms. The van der Waals surface area contributed by atoms with Crippen LogP contribution < -0.4 is 0 Å². The second-order valence-corrected chi connectivity index (χ2v) is 11.0. The van der Waals surface area contributed by atoms with Gasteiger partial charge in [-0.1, -0.05) is 30.3 Å². The van der Waals surface area contributed by atoms with Crippen LogP contribution in [0.3, 0.4) is 0 Å². The molecule has 0 aliphatic heterocycles. The highest BCUT2D eigenvalue weighted by atomic mass is 32.2. The molecule has 0 saturated carbocycles. The van der Waals surface area contributed by atoms with Crippen LogP contribution in [0.1, 0.15) is 32.6 Å².